The normalized spacial score (nSPS) is 25.9. The predicted molar refractivity (Wildman–Crippen MR) is 162 cm³/mol. The zero-order valence-electron chi connectivity index (χ0n) is 23.9. The molecule has 0 radical (unpaired) electrons. The lowest BCUT2D eigenvalue weighted by molar-refractivity contribution is -0.319. The van der Waals surface area contributed by atoms with Crippen LogP contribution in [0, 0.1) is 12.7 Å². The first-order valence-electron chi connectivity index (χ1n) is 14.6. The number of aliphatic hydroxyl groups excluding tert-OH is 1. The fourth-order valence-electron chi connectivity index (χ4n) is 6.10. The molecule has 0 bridgehead atoms. The van der Waals surface area contributed by atoms with Crippen LogP contribution in [0.3, 0.4) is 0 Å². The van der Waals surface area contributed by atoms with E-state index in [2.05, 4.69) is 12.1 Å². The number of thioether (sulfide) groups is 1. The summed E-state index contributed by atoms with van der Waals surface area (Å²) in [5.74, 6) is -0.646. The Morgan fingerprint density at radius 3 is 2.20 bits per heavy atom. The van der Waals surface area contributed by atoms with Crippen LogP contribution in [0.4, 0.5) is 9.18 Å². The van der Waals surface area contributed by atoms with Gasteiger partial charge in [-0.25, -0.2) is 9.18 Å². The van der Waals surface area contributed by atoms with Crippen LogP contribution in [-0.4, -0.2) is 54.3 Å². The van der Waals surface area contributed by atoms with Crippen LogP contribution in [0.1, 0.15) is 34.5 Å². The molecule has 6 atom stereocenters. The van der Waals surface area contributed by atoms with Crippen molar-refractivity contribution < 1.29 is 38.0 Å². The minimum atomic E-state index is -1.28. The van der Waals surface area contributed by atoms with Crippen LogP contribution in [0.15, 0.2) is 102 Å². The van der Waals surface area contributed by atoms with E-state index in [1.54, 1.807) is 18.2 Å². The van der Waals surface area contributed by atoms with Gasteiger partial charge in [-0.15, -0.1) is 0 Å². The minimum Gasteiger partial charge on any atom is -0.433 e. The van der Waals surface area contributed by atoms with E-state index in [1.807, 2.05) is 67.6 Å². The summed E-state index contributed by atoms with van der Waals surface area (Å²) in [5, 5.41) is 11.5. The quantitative estimate of drug-likeness (QED) is 0.239. The predicted octanol–water partition coefficient (Wildman–Crippen LogP) is 6.76. The molecule has 4 aromatic carbocycles. The molecular formula is C35H31FO7S. The summed E-state index contributed by atoms with van der Waals surface area (Å²) in [5.41, 5.74) is 4.88. The third-order valence-electron chi connectivity index (χ3n) is 8.30. The Hall–Kier alpha value is -3.73. The fourth-order valence-corrected chi connectivity index (χ4v) is 7.16. The average molecular weight is 615 g/mol. The highest BCUT2D eigenvalue weighted by molar-refractivity contribution is 7.99. The first kappa shape index (κ1) is 29.0. The van der Waals surface area contributed by atoms with Crippen molar-refractivity contribution in [3.05, 3.63) is 125 Å². The Balaban J connectivity index is 1.11. The SMILES string of the molecule is Cc1ccc(S[C@@H]2O[C@@H]3CO[C@H](c4ccccc4F)O[C@@H]3[C@H](OC(=O)OCC3c4ccccc4-c4ccccc43)[C@H]2O)cc1. The van der Waals surface area contributed by atoms with Crippen molar-refractivity contribution in [1.29, 1.82) is 0 Å². The van der Waals surface area contributed by atoms with Crippen LogP contribution in [0.2, 0.25) is 0 Å². The smallest absolute Gasteiger partial charge is 0.433 e. The minimum absolute atomic E-state index is 0.0475. The number of aliphatic hydroxyl groups is 1. The molecule has 4 aromatic rings. The Labute approximate surface area is 258 Å². The number of carbonyl (C=O) groups excluding carboxylic acids is 1. The highest BCUT2D eigenvalue weighted by Gasteiger charge is 2.52. The highest BCUT2D eigenvalue weighted by Crippen LogP contribution is 2.45. The molecule has 9 heteroatoms. The van der Waals surface area contributed by atoms with Crippen LogP contribution >= 0.6 is 11.8 Å². The van der Waals surface area contributed by atoms with E-state index < -0.39 is 48.1 Å². The van der Waals surface area contributed by atoms with Crippen LogP contribution < -0.4 is 0 Å². The zero-order valence-corrected chi connectivity index (χ0v) is 24.7. The lowest BCUT2D eigenvalue weighted by atomic mass is 9.98. The molecule has 0 spiro atoms. The van der Waals surface area contributed by atoms with Gasteiger partial charge in [0.2, 0.25) is 0 Å². The van der Waals surface area contributed by atoms with Gasteiger partial charge in [0.1, 0.15) is 36.2 Å². The first-order chi connectivity index (χ1) is 21.5. The monoisotopic (exact) mass is 614 g/mol. The topological polar surface area (TPSA) is 83.5 Å². The summed E-state index contributed by atoms with van der Waals surface area (Å²) in [6.07, 6.45) is -6.06. The molecule has 2 heterocycles. The number of rotatable bonds is 6. The van der Waals surface area contributed by atoms with Crippen molar-refractivity contribution >= 4 is 17.9 Å². The summed E-state index contributed by atoms with van der Waals surface area (Å²) in [4.78, 5) is 14.1. The lowest BCUT2D eigenvalue weighted by Gasteiger charge is -2.47. The van der Waals surface area contributed by atoms with Crippen molar-refractivity contribution in [3.8, 4) is 11.1 Å². The number of fused-ring (bicyclic) bond motifs is 4. The van der Waals surface area contributed by atoms with Gasteiger partial charge < -0.3 is 28.8 Å². The van der Waals surface area contributed by atoms with Crippen molar-refractivity contribution in [3.63, 3.8) is 0 Å². The third-order valence-corrected chi connectivity index (χ3v) is 9.47. The molecule has 44 heavy (non-hydrogen) atoms. The van der Waals surface area contributed by atoms with Crippen LogP contribution in [-0.2, 0) is 23.7 Å². The second kappa shape index (κ2) is 12.3. The van der Waals surface area contributed by atoms with E-state index in [0.29, 0.717) is 0 Å². The van der Waals surface area contributed by atoms with Gasteiger partial charge in [-0.3, -0.25) is 0 Å². The molecule has 1 aliphatic carbocycles. The second-order valence-corrected chi connectivity index (χ2v) is 12.3. The Bertz CT molecular complexity index is 1600. The van der Waals surface area contributed by atoms with Gasteiger partial charge in [0.15, 0.2) is 12.4 Å². The summed E-state index contributed by atoms with van der Waals surface area (Å²) in [6, 6.07) is 30.1. The molecule has 2 aliphatic heterocycles. The standard InChI is InChI=1S/C35H31FO7S/c1-20-14-16-21(17-15-20)44-34-30(37)32(31-29(41-34)19-39-33(42-31)26-12-6-7-13-28(26)36)43-35(38)40-18-27-24-10-4-2-8-22(24)23-9-3-5-11-25(23)27/h2-17,27,29-34,37H,18-19H2,1H3/t29-,30-,31+,32-,33+,34+/m1/s1. The molecule has 0 saturated carbocycles. The number of halogens is 1. The maximum Gasteiger partial charge on any atom is 0.508 e. The first-order valence-corrected chi connectivity index (χ1v) is 15.4. The number of hydrogen-bond acceptors (Lipinski definition) is 8. The number of carbonyl (C=O) groups is 1. The summed E-state index contributed by atoms with van der Waals surface area (Å²) in [6.45, 7) is 2.10. The van der Waals surface area contributed by atoms with E-state index in [1.165, 1.54) is 17.8 Å². The Morgan fingerprint density at radius 1 is 0.886 bits per heavy atom. The summed E-state index contributed by atoms with van der Waals surface area (Å²) in [7, 11) is 0. The third kappa shape index (κ3) is 5.62. The van der Waals surface area contributed by atoms with Gasteiger partial charge in [-0.2, -0.15) is 0 Å². The number of benzene rings is 4. The number of hydrogen-bond donors (Lipinski definition) is 1. The maximum atomic E-state index is 14.6. The zero-order chi connectivity index (χ0) is 30.2. The molecule has 7 rings (SSSR count). The molecule has 1 N–H and O–H groups in total. The van der Waals surface area contributed by atoms with Crippen molar-refractivity contribution in [2.75, 3.05) is 13.2 Å². The maximum absolute atomic E-state index is 14.6. The number of ether oxygens (including phenoxy) is 5. The highest BCUT2D eigenvalue weighted by atomic mass is 32.2. The number of aryl methyl sites for hydroxylation is 1. The molecule has 226 valence electrons. The van der Waals surface area contributed by atoms with Gasteiger partial charge in [0.05, 0.1) is 6.61 Å². The molecule has 3 aliphatic rings. The van der Waals surface area contributed by atoms with Gasteiger partial charge in [0, 0.05) is 16.4 Å². The largest absolute Gasteiger partial charge is 0.508 e. The van der Waals surface area contributed by atoms with Gasteiger partial charge >= 0.3 is 6.16 Å². The van der Waals surface area contributed by atoms with Gasteiger partial charge in [0.25, 0.3) is 0 Å². The molecule has 0 amide bonds. The van der Waals surface area contributed by atoms with Gasteiger partial charge in [-0.05, 0) is 47.4 Å². The van der Waals surface area contributed by atoms with E-state index >= 15 is 0 Å². The second-order valence-electron chi connectivity index (χ2n) is 11.1. The Kier molecular flexibility index (Phi) is 8.14. The molecule has 0 aromatic heterocycles. The van der Waals surface area contributed by atoms with Gasteiger partial charge in [-0.1, -0.05) is 96.2 Å². The van der Waals surface area contributed by atoms with E-state index in [-0.39, 0.29) is 24.7 Å². The van der Waals surface area contributed by atoms with E-state index in [0.717, 1.165) is 32.7 Å². The molecule has 7 nitrogen and oxygen atoms in total. The summed E-state index contributed by atoms with van der Waals surface area (Å²) < 4.78 is 44.4. The van der Waals surface area contributed by atoms with Crippen molar-refractivity contribution in [1.82, 2.24) is 0 Å². The van der Waals surface area contributed by atoms with E-state index in [4.69, 9.17) is 23.7 Å². The van der Waals surface area contributed by atoms with Crippen LogP contribution in [0.25, 0.3) is 11.1 Å². The lowest BCUT2D eigenvalue weighted by Crippen LogP contribution is -2.62. The molecular weight excluding hydrogens is 583 g/mol. The molecule has 0 unspecified atom stereocenters. The summed E-state index contributed by atoms with van der Waals surface area (Å²) >= 11 is 1.31. The Morgan fingerprint density at radius 2 is 1.52 bits per heavy atom. The van der Waals surface area contributed by atoms with Crippen molar-refractivity contribution in [2.45, 2.75) is 53.9 Å². The fraction of sp³-hybridized carbons (Fsp3) is 0.286. The van der Waals surface area contributed by atoms with Crippen LogP contribution in [0.5, 0.6) is 0 Å². The molecule has 2 saturated heterocycles. The van der Waals surface area contributed by atoms with Crippen molar-refractivity contribution in [2.24, 2.45) is 0 Å². The van der Waals surface area contributed by atoms with E-state index in [9.17, 15) is 14.3 Å². The average Bonchev–Trinajstić information content (AvgIpc) is 3.37. The molecule has 2 fully saturated rings.